The Morgan fingerprint density at radius 1 is 1.45 bits per heavy atom. The van der Waals surface area contributed by atoms with Crippen molar-refractivity contribution in [3.05, 3.63) is 0 Å². The highest BCUT2D eigenvalue weighted by Crippen LogP contribution is 2.38. The molecule has 1 atom stereocenters. The summed E-state index contributed by atoms with van der Waals surface area (Å²) < 4.78 is 0. The predicted molar refractivity (Wildman–Crippen MR) is 79.2 cm³/mol. The number of hydrogen-bond donors (Lipinski definition) is 1. The SMILES string of the molecule is CC(C)C1(C(=O)O)CCN(CCCCC(C)(C)C#N)C1. The van der Waals surface area contributed by atoms with Crippen LogP contribution in [0, 0.1) is 28.1 Å². The maximum atomic E-state index is 11.5. The number of hydrogen-bond acceptors (Lipinski definition) is 3. The topological polar surface area (TPSA) is 64.3 Å². The van der Waals surface area contributed by atoms with Crippen molar-refractivity contribution in [2.75, 3.05) is 19.6 Å². The van der Waals surface area contributed by atoms with Crippen molar-refractivity contribution >= 4 is 5.97 Å². The smallest absolute Gasteiger partial charge is 0.311 e. The lowest BCUT2D eigenvalue weighted by Gasteiger charge is -2.29. The maximum Gasteiger partial charge on any atom is 0.311 e. The van der Waals surface area contributed by atoms with Crippen LogP contribution in [0.25, 0.3) is 0 Å². The third kappa shape index (κ3) is 3.96. The molecule has 4 heteroatoms. The molecule has 0 aromatic rings. The van der Waals surface area contributed by atoms with E-state index in [1.165, 1.54) is 0 Å². The van der Waals surface area contributed by atoms with Crippen LogP contribution in [0.3, 0.4) is 0 Å². The van der Waals surface area contributed by atoms with Crippen LogP contribution in [-0.4, -0.2) is 35.6 Å². The standard InChI is InChI=1S/C16H28N2O2/c1-13(2)16(14(19)20)8-10-18(12-16)9-6-5-7-15(3,4)11-17/h13H,5-10,12H2,1-4H3,(H,19,20). The van der Waals surface area contributed by atoms with Crippen LogP contribution in [0.2, 0.25) is 0 Å². The molecule has 1 unspecified atom stereocenters. The Labute approximate surface area is 122 Å². The second kappa shape index (κ2) is 6.58. The molecule has 0 aliphatic carbocycles. The molecule has 20 heavy (non-hydrogen) atoms. The molecule has 0 spiro atoms. The van der Waals surface area contributed by atoms with Crippen LogP contribution in [-0.2, 0) is 4.79 Å². The quantitative estimate of drug-likeness (QED) is 0.728. The van der Waals surface area contributed by atoms with E-state index in [2.05, 4.69) is 11.0 Å². The highest BCUT2D eigenvalue weighted by atomic mass is 16.4. The lowest BCUT2D eigenvalue weighted by Crippen LogP contribution is -2.39. The molecular formula is C16H28N2O2. The Kier molecular flexibility index (Phi) is 5.59. The van der Waals surface area contributed by atoms with Gasteiger partial charge in [-0.05, 0) is 52.1 Å². The molecule has 0 bridgehead atoms. The summed E-state index contributed by atoms with van der Waals surface area (Å²) in [5.74, 6) is -0.483. The summed E-state index contributed by atoms with van der Waals surface area (Å²) in [6.07, 6.45) is 3.73. The molecule has 1 N–H and O–H groups in total. The third-order valence-electron chi connectivity index (χ3n) is 4.74. The monoisotopic (exact) mass is 280 g/mol. The molecule has 0 saturated carbocycles. The first-order chi connectivity index (χ1) is 9.23. The summed E-state index contributed by atoms with van der Waals surface area (Å²) in [6.45, 7) is 10.4. The Morgan fingerprint density at radius 2 is 2.10 bits per heavy atom. The van der Waals surface area contributed by atoms with E-state index < -0.39 is 11.4 Å². The minimum absolute atomic E-state index is 0.169. The molecule has 1 aliphatic rings. The first kappa shape index (κ1) is 17.0. The minimum Gasteiger partial charge on any atom is -0.481 e. The summed E-state index contributed by atoms with van der Waals surface area (Å²) in [5, 5.41) is 18.5. The normalized spacial score (nSPS) is 24.0. The van der Waals surface area contributed by atoms with E-state index >= 15 is 0 Å². The van der Waals surface area contributed by atoms with Crippen LogP contribution in [0.5, 0.6) is 0 Å². The maximum absolute atomic E-state index is 11.5. The van der Waals surface area contributed by atoms with Crippen molar-refractivity contribution in [1.82, 2.24) is 4.90 Å². The van der Waals surface area contributed by atoms with Crippen LogP contribution in [0.4, 0.5) is 0 Å². The van der Waals surface area contributed by atoms with Crippen molar-refractivity contribution in [2.24, 2.45) is 16.7 Å². The fourth-order valence-corrected chi connectivity index (χ4v) is 2.96. The van der Waals surface area contributed by atoms with E-state index in [9.17, 15) is 9.90 Å². The molecule has 0 aromatic heterocycles. The fraction of sp³-hybridized carbons (Fsp3) is 0.875. The van der Waals surface area contributed by atoms with Gasteiger partial charge in [0.15, 0.2) is 0 Å². The van der Waals surface area contributed by atoms with Crippen molar-refractivity contribution in [3.63, 3.8) is 0 Å². The summed E-state index contributed by atoms with van der Waals surface area (Å²) in [6, 6.07) is 2.32. The number of aliphatic carboxylic acids is 1. The van der Waals surface area contributed by atoms with Gasteiger partial charge >= 0.3 is 5.97 Å². The summed E-state index contributed by atoms with van der Waals surface area (Å²) in [5.41, 5.74) is -0.806. The van der Waals surface area contributed by atoms with Crippen molar-refractivity contribution in [2.45, 2.75) is 53.4 Å². The Balaban J connectivity index is 2.39. The largest absolute Gasteiger partial charge is 0.481 e. The van der Waals surface area contributed by atoms with Gasteiger partial charge in [-0.1, -0.05) is 20.3 Å². The number of likely N-dealkylation sites (tertiary alicyclic amines) is 1. The number of nitrogens with zero attached hydrogens (tertiary/aromatic N) is 2. The lowest BCUT2D eigenvalue weighted by atomic mass is 9.76. The lowest BCUT2D eigenvalue weighted by molar-refractivity contribution is -0.151. The van der Waals surface area contributed by atoms with E-state index in [4.69, 9.17) is 5.26 Å². The van der Waals surface area contributed by atoms with E-state index in [0.29, 0.717) is 6.54 Å². The molecule has 0 aromatic carbocycles. The number of carbonyl (C=O) groups is 1. The molecular weight excluding hydrogens is 252 g/mol. The Morgan fingerprint density at radius 3 is 2.55 bits per heavy atom. The van der Waals surface area contributed by atoms with Gasteiger partial charge in [-0.2, -0.15) is 5.26 Å². The van der Waals surface area contributed by atoms with Crippen molar-refractivity contribution in [1.29, 1.82) is 5.26 Å². The van der Waals surface area contributed by atoms with Gasteiger partial charge in [-0.3, -0.25) is 4.79 Å². The zero-order chi connectivity index (χ0) is 15.4. The first-order valence-corrected chi connectivity index (χ1v) is 7.60. The molecule has 0 radical (unpaired) electrons. The minimum atomic E-state index is -0.652. The number of unbranched alkanes of at least 4 members (excludes halogenated alkanes) is 1. The molecule has 1 rings (SSSR count). The van der Waals surface area contributed by atoms with Crippen molar-refractivity contribution in [3.8, 4) is 6.07 Å². The fourth-order valence-electron chi connectivity index (χ4n) is 2.96. The van der Waals surface area contributed by atoms with Crippen molar-refractivity contribution < 1.29 is 9.90 Å². The van der Waals surface area contributed by atoms with Crippen LogP contribution in [0.1, 0.15) is 53.4 Å². The highest BCUT2D eigenvalue weighted by molar-refractivity contribution is 5.75. The van der Waals surface area contributed by atoms with Crippen LogP contribution in [0.15, 0.2) is 0 Å². The molecule has 1 saturated heterocycles. The van der Waals surface area contributed by atoms with Crippen LogP contribution >= 0.6 is 0 Å². The Hall–Kier alpha value is -1.08. The van der Waals surface area contributed by atoms with E-state index in [1.807, 2.05) is 27.7 Å². The molecule has 114 valence electrons. The zero-order valence-corrected chi connectivity index (χ0v) is 13.3. The molecule has 0 amide bonds. The van der Waals surface area contributed by atoms with Gasteiger partial charge < -0.3 is 10.0 Å². The van der Waals surface area contributed by atoms with Gasteiger partial charge in [0.05, 0.1) is 16.9 Å². The van der Waals surface area contributed by atoms with Gasteiger partial charge in [0, 0.05) is 6.54 Å². The molecule has 1 fully saturated rings. The third-order valence-corrected chi connectivity index (χ3v) is 4.74. The first-order valence-electron chi connectivity index (χ1n) is 7.60. The molecule has 1 aliphatic heterocycles. The summed E-state index contributed by atoms with van der Waals surface area (Å²) >= 11 is 0. The number of carboxylic acids is 1. The average molecular weight is 280 g/mol. The number of carboxylic acid groups (broad SMARTS) is 1. The van der Waals surface area contributed by atoms with Crippen LogP contribution < -0.4 is 0 Å². The summed E-state index contributed by atoms with van der Waals surface area (Å²) in [4.78, 5) is 13.8. The van der Waals surface area contributed by atoms with E-state index in [-0.39, 0.29) is 11.3 Å². The average Bonchev–Trinajstić information content (AvgIpc) is 2.80. The van der Waals surface area contributed by atoms with Gasteiger partial charge in [0.2, 0.25) is 0 Å². The van der Waals surface area contributed by atoms with Gasteiger partial charge in [0.1, 0.15) is 0 Å². The van der Waals surface area contributed by atoms with E-state index in [0.717, 1.165) is 38.8 Å². The number of nitriles is 1. The highest BCUT2D eigenvalue weighted by Gasteiger charge is 2.46. The Bertz CT molecular complexity index is 384. The predicted octanol–water partition coefficient (Wildman–Crippen LogP) is 3.14. The second-order valence-electron chi connectivity index (χ2n) is 7.09. The summed E-state index contributed by atoms with van der Waals surface area (Å²) in [7, 11) is 0. The number of rotatable bonds is 7. The van der Waals surface area contributed by atoms with Gasteiger partial charge in [-0.25, -0.2) is 0 Å². The molecule has 4 nitrogen and oxygen atoms in total. The van der Waals surface area contributed by atoms with Gasteiger partial charge in [-0.15, -0.1) is 0 Å². The second-order valence-corrected chi connectivity index (χ2v) is 7.09. The zero-order valence-electron chi connectivity index (χ0n) is 13.3. The van der Waals surface area contributed by atoms with E-state index in [1.54, 1.807) is 0 Å². The molecule has 1 heterocycles. The van der Waals surface area contributed by atoms with Gasteiger partial charge in [0.25, 0.3) is 0 Å².